The highest BCUT2D eigenvalue weighted by atomic mass is 16.5. The van der Waals surface area contributed by atoms with E-state index < -0.39 is 0 Å². The zero-order valence-corrected chi connectivity index (χ0v) is 15.5. The number of ether oxygens (including phenoxy) is 1. The second kappa shape index (κ2) is 7.34. The van der Waals surface area contributed by atoms with Crippen molar-refractivity contribution in [3.05, 3.63) is 41.5 Å². The molecule has 1 atom stereocenters. The first-order valence-electron chi connectivity index (χ1n) is 9.61. The zero-order valence-electron chi connectivity index (χ0n) is 15.5. The molecule has 2 aromatic heterocycles. The molecule has 1 aliphatic carbocycles. The Bertz CT molecular complexity index is 700. The molecule has 2 aliphatic rings. The molecule has 4 rings (SSSR count). The second-order valence-electron chi connectivity index (χ2n) is 7.90. The fraction of sp³-hybridized carbons (Fsp3) is 0.650. The van der Waals surface area contributed by atoms with Gasteiger partial charge in [0.1, 0.15) is 0 Å². The first-order chi connectivity index (χ1) is 12.2. The normalized spacial score (nSPS) is 21.3. The molecule has 0 N–H and O–H groups in total. The van der Waals surface area contributed by atoms with Crippen molar-refractivity contribution >= 4 is 0 Å². The van der Waals surface area contributed by atoms with Gasteiger partial charge in [0, 0.05) is 58.3 Å². The van der Waals surface area contributed by atoms with Gasteiger partial charge in [-0.3, -0.25) is 9.58 Å². The molecule has 0 bridgehead atoms. The van der Waals surface area contributed by atoms with E-state index >= 15 is 0 Å². The lowest BCUT2D eigenvalue weighted by Crippen LogP contribution is -2.29. The van der Waals surface area contributed by atoms with Crippen LogP contribution in [0.2, 0.25) is 0 Å². The summed E-state index contributed by atoms with van der Waals surface area (Å²) in [6, 6.07) is 6.64. The number of aryl methyl sites for hydroxylation is 2. The van der Waals surface area contributed by atoms with Crippen molar-refractivity contribution in [1.82, 2.24) is 19.2 Å². The summed E-state index contributed by atoms with van der Waals surface area (Å²) in [5.41, 5.74) is 3.81. The molecule has 1 saturated carbocycles. The topological polar surface area (TPSA) is 35.2 Å². The van der Waals surface area contributed by atoms with Gasteiger partial charge in [-0.2, -0.15) is 5.10 Å². The summed E-state index contributed by atoms with van der Waals surface area (Å²) in [5, 5.41) is 4.50. The third-order valence-electron chi connectivity index (χ3n) is 5.49. The smallest absolute Gasteiger partial charge is 0.0597 e. The van der Waals surface area contributed by atoms with E-state index in [9.17, 15) is 0 Å². The van der Waals surface area contributed by atoms with Gasteiger partial charge >= 0.3 is 0 Å². The molecular formula is C20H30N4O. The van der Waals surface area contributed by atoms with Crippen LogP contribution in [-0.4, -0.2) is 39.0 Å². The molecule has 0 unspecified atom stereocenters. The van der Waals surface area contributed by atoms with Gasteiger partial charge in [-0.25, -0.2) is 0 Å². The molecule has 5 nitrogen and oxygen atoms in total. The van der Waals surface area contributed by atoms with E-state index in [0.717, 1.165) is 57.4 Å². The molecule has 0 spiro atoms. The molecule has 1 aliphatic heterocycles. The quantitative estimate of drug-likeness (QED) is 0.726. The van der Waals surface area contributed by atoms with E-state index in [4.69, 9.17) is 4.74 Å². The van der Waals surface area contributed by atoms with Crippen molar-refractivity contribution in [2.75, 3.05) is 19.8 Å². The van der Waals surface area contributed by atoms with Crippen LogP contribution in [0.3, 0.4) is 0 Å². The van der Waals surface area contributed by atoms with Gasteiger partial charge in [0.05, 0.1) is 11.4 Å². The Morgan fingerprint density at radius 1 is 1.24 bits per heavy atom. The molecule has 0 saturated heterocycles. The van der Waals surface area contributed by atoms with Crippen LogP contribution in [-0.2, 0) is 31.4 Å². The van der Waals surface area contributed by atoms with Crippen LogP contribution < -0.4 is 0 Å². The van der Waals surface area contributed by atoms with Gasteiger partial charge < -0.3 is 9.30 Å². The Kier molecular flexibility index (Phi) is 4.95. The summed E-state index contributed by atoms with van der Waals surface area (Å²) in [5.74, 6) is 1.50. The summed E-state index contributed by atoms with van der Waals surface area (Å²) in [6.45, 7) is 8.14. The van der Waals surface area contributed by atoms with E-state index in [2.05, 4.69) is 45.9 Å². The van der Waals surface area contributed by atoms with E-state index in [0.29, 0.717) is 5.92 Å². The average Bonchev–Trinajstić information content (AvgIpc) is 3.25. The fourth-order valence-electron chi connectivity index (χ4n) is 3.89. The molecule has 3 heterocycles. The van der Waals surface area contributed by atoms with E-state index in [-0.39, 0.29) is 0 Å². The molecule has 0 aromatic carbocycles. The van der Waals surface area contributed by atoms with Crippen LogP contribution in [0.25, 0.3) is 0 Å². The van der Waals surface area contributed by atoms with Crippen molar-refractivity contribution in [3.8, 4) is 0 Å². The minimum Gasteiger partial charge on any atom is -0.381 e. The largest absolute Gasteiger partial charge is 0.381 e. The predicted molar refractivity (Wildman–Crippen MR) is 98.1 cm³/mol. The van der Waals surface area contributed by atoms with Gasteiger partial charge in [0.25, 0.3) is 0 Å². The number of aromatic nitrogens is 3. The van der Waals surface area contributed by atoms with Gasteiger partial charge in [0.2, 0.25) is 0 Å². The Labute approximate surface area is 150 Å². The highest BCUT2D eigenvalue weighted by molar-refractivity contribution is 5.11. The molecular weight excluding hydrogens is 312 g/mol. The second-order valence-corrected chi connectivity index (χ2v) is 7.90. The number of hydrogen-bond donors (Lipinski definition) is 0. The minimum absolute atomic E-state index is 0.641. The van der Waals surface area contributed by atoms with Crippen LogP contribution in [0, 0.1) is 18.8 Å². The van der Waals surface area contributed by atoms with Gasteiger partial charge in [-0.05, 0) is 56.2 Å². The number of nitrogens with zero attached hydrogens (tertiary/aromatic N) is 4. The van der Waals surface area contributed by atoms with Crippen LogP contribution in [0.15, 0.2) is 24.4 Å². The lowest BCUT2D eigenvalue weighted by atomic mass is 10.1. The fourth-order valence-corrected chi connectivity index (χ4v) is 3.89. The van der Waals surface area contributed by atoms with Crippen LogP contribution in [0.4, 0.5) is 0 Å². The maximum atomic E-state index is 5.90. The first-order valence-corrected chi connectivity index (χ1v) is 9.61. The monoisotopic (exact) mass is 342 g/mol. The summed E-state index contributed by atoms with van der Waals surface area (Å²) in [4.78, 5) is 2.57. The van der Waals surface area contributed by atoms with E-state index in [1.807, 2.05) is 11.7 Å². The molecule has 136 valence electrons. The van der Waals surface area contributed by atoms with Crippen LogP contribution in [0.1, 0.15) is 36.3 Å². The van der Waals surface area contributed by atoms with E-state index in [1.54, 1.807) is 0 Å². The summed E-state index contributed by atoms with van der Waals surface area (Å²) in [7, 11) is 2.05. The third-order valence-corrected chi connectivity index (χ3v) is 5.49. The van der Waals surface area contributed by atoms with Gasteiger partial charge in [-0.1, -0.05) is 0 Å². The highest BCUT2D eigenvalue weighted by Gasteiger charge is 2.24. The average molecular weight is 342 g/mol. The van der Waals surface area contributed by atoms with E-state index in [1.165, 1.54) is 24.2 Å². The Morgan fingerprint density at radius 3 is 2.88 bits per heavy atom. The summed E-state index contributed by atoms with van der Waals surface area (Å²) >= 11 is 0. The van der Waals surface area contributed by atoms with Crippen LogP contribution >= 0.6 is 0 Å². The number of hydrogen-bond acceptors (Lipinski definition) is 3. The SMILES string of the molecule is Cc1cc(CN2Cc3cccn3C[C@H](CCOCC3CC3)C2)n(C)n1. The lowest BCUT2D eigenvalue weighted by molar-refractivity contribution is 0.101. The van der Waals surface area contributed by atoms with Gasteiger partial charge in [-0.15, -0.1) is 0 Å². The summed E-state index contributed by atoms with van der Waals surface area (Å²) in [6.07, 6.45) is 6.11. The van der Waals surface area contributed by atoms with Gasteiger partial charge in [0.15, 0.2) is 0 Å². The van der Waals surface area contributed by atoms with Crippen molar-refractivity contribution < 1.29 is 4.74 Å². The van der Waals surface area contributed by atoms with Crippen molar-refractivity contribution in [1.29, 1.82) is 0 Å². The first kappa shape index (κ1) is 16.9. The molecule has 25 heavy (non-hydrogen) atoms. The Balaban J connectivity index is 1.40. The Morgan fingerprint density at radius 2 is 2.12 bits per heavy atom. The Hall–Kier alpha value is -1.59. The number of rotatable bonds is 7. The molecule has 2 aromatic rings. The third kappa shape index (κ3) is 4.33. The standard InChI is InChI=1S/C20H30N4O/c1-16-10-20(22(2)21-16)14-23-11-18(7-9-25-15-17-5-6-17)12-24-8-3-4-19(24)13-23/h3-4,8,10,17-18H,5-7,9,11-15H2,1-2H3/t18-/m1/s1. The molecule has 0 radical (unpaired) electrons. The minimum atomic E-state index is 0.641. The maximum absolute atomic E-state index is 5.90. The van der Waals surface area contributed by atoms with Crippen molar-refractivity contribution in [2.24, 2.45) is 18.9 Å². The molecule has 1 fully saturated rings. The molecule has 5 heteroatoms. The van der Waals surface area contributed by atoms with Crippen LogP contribution in [0.5, 0.6) is 0 Å². The number of fused-ring (bicyclic) bond motifs is 1. The summed E-state index contributed by atoms with van der Waals surface area (Å²) < 4.78 is 10.4. The maximum Gasteiger partial charge on any atom is 0.0597 e. The lowest BCUT2D eigenvalue weighted by Gasteiger charge is -2.24. The highest BCUT2D eigenvalue weighted by Crippen LogP contribution is 2.29. The van der Waals surface area contributed by atoms with Crippen molar-refractivity contribution in [3.63, 3.8) is 0 Å². The zero-order chi connectivity index (χ0) is 17.2. The van der Waals surface area contributed by atoms with Crippen molar-refractivity contribution in [2.45, 2.75) is 45.8 Å². The molecule has 0 amide bonds. The predicted octanol–water partition coefficient (Wildman–Crippen LogP) is 2.98.